The number of phosphoric ester groups is 1. The van der Waals surface area contributed by atoms with E-state index in [0.717, 1.165) is 15.6 Å². The molecule has 5 nitrogen and oxygen atoms in total. The molecule has 0 amide bonds. The third-order valence-corrected chi connectivity index (χ3v) is 6.22. The fourth-order valence-corrected chi connectivity index (χ4v) is 4.29. The third kappa shape index (κ3) is 7.77. The van der Waals surface area contributed by atoms with Crippen LogP contribution in [0.3, 0.4) is 0 Å². The van der Waals surface area contributed by atoms with E-state index in [0.29, 0.717) is 11.1 Å². The quantitative estimate of drug-likeness (QED) is 0.0847. The van der Waals surface area contributed by atoms with Crippen molar-refractivity contribution < 1.29 is 23.3 Å². The Morgan fingerprint density at radius 1 is 0.714 bits per heavy atom. The van der Waals surface area contributed by atoms with Crippen LogP contribution in [0, 0.1) is 0 Å². The molecule has 0 spiro atoms. The van der Waals surface area contributed by atoms with E-state index in [4.69, 9.17) is 9.05 Å². The van der Waals surface area contributed by atoms with Crippen LogP contribution < -0.4 is 9.05 Å². The van der Waals surface area contributed by atoms with Crippen LogP contribution in [-0.2, 0) is 4.57 Å². The summed E-state index contributed by atoms with van der Waals surface area (Å²) in [5.74, 6) is 0.135. The van der Waals surface area contributed by atoms with Crippen molar-refractivity contribution in [2.75, 3.05) is 0 Å². The van der Waals surface area contributed by atoms with Gasteiger partial charge in [-0.2, -0.15) is 0 Å². The summed E-state index contributed by atoms with van der Waals surface area (Å²) < 4.78 is 23.5. The minimum absolute atomic E-state index is 0. The number of Topliss-reactive ketones (excluding diaryl/α,β-unsaturated/α-hetero) is 1. The van der Waals surface area contributed by atoms with Crippen LogP contribution in [-0.4, -0.2) is 40.2 Å². The molecule has 1 N–H and O–H groups in total. The summed E-state index contributed by atoms with van der Waals surface area (Å²) in [7, 11) is -4.39. The summed E-state index contributed by atoms with van der Waals surface area (Å²) in [4.78, 5) is 23.5. The molecule has 1 unspecified atom stereocenters. The van der Waals surface area contributed by atoms with E-state index in [1.807, 2.05) is 60.7 Å². The van der Waals surface area contributed by atoms with Gasteiger partial charge in [0.1, 0.15) is 11.5 Å². The molecule has 172 valence electrons. The first-order valence-electron chi connectivity index (χ1n) is 10.3. The number of hydrogen-bond acceptors (Lipinski definition) is 4. The number of halogens is 1. The van der Waals surface area contributed by atoms with Gasteiger partial charge in [0.25, 0.3) is 0 Å². The molecule has 0 bridgehead atoms. The second-order valence-electron chi connectivity index (χ2n) is 7.29. The number of ketones is 1. The molecule has 0 fully saturated rings. The third-order valence-electron chi connectivity index (χ3n) is 4.81. The van der Waals surface area contributed by atoms with E-state index in [2.05, 4.69) is 15.9 Å². The van der Waals surface area contributed by atoms with Crippen LogP contribution in [0.1, 0.15) is 21.5 Å². The van der Waals surface area contributed by atoms with Crippen molar-refractivity contribution in [1.29, 1.82) is 0 Å². The Kier molecular flexibility index (Phi) is 9.70. The van der Waals surface area contributed by atoms with Crippen LogP contribution in [0.4, 0.5) is 0 Å². The number of rotatable bonds is 8. The van der Waals surface area contributed by atoms with Crippen LogP contribution in [0.25, 0.3) is 11.6 Å². The summed E-state index contributed by atoms with van der Waals surface area (Å²) in [6.07, 6.45) is 1.84. The molecule has 4 aromatic carbocycles. The molecule has 0 aliphatic heterocycles. The zero-order valence-electron chi connectivity index (χ0n) is 17.9. The molecular formula is C27H21BrNaO5P. The Morgan fingerprint density at radius 2 is 1.23 bits per heavy atom. The Morgan fingerprint density at radius 3 is 1.80 bits per heavy atom. The number of carbonyl (C=O) groups is 1. The number of phosphoric acid groups is 1. The number of para-hydroxylation sites is 1. The summed E-state index contributed by atoms with van der Waals surface area (Å²) >= 11 is 3.42. The number of carbonyl (C=O) groups excluding carboxylic acids is 1. The molecule has 4 rings (SSSR count). The maximum absolute atomic E-state index is 13.4. The van der Waals surface area contributed by atoms with E-state index >= 15 is 0 Å². The fraction of sp³-hybridized carbons (Fsp3) is 0. The predicted molar refractivity (Wildman–Crippen MR) is 144 cm³/mol. The van der Waals surface area contributed by atoms with Gasteiger partial charge in [-0.15, -0.1) is 0 Å². The van der Waals surface area contributed by atoms with E-state index in [-0.39, 0.29) is 46.8 Å². The first kappa shape index (κ1) is 27.2. The van der Waals surface area contributed by atoms with Gasteiger partial charge in [-0.25, -0.2) is 4.57 Å². The molecule has 4 aromatic rings. The molecule has 0 saturated heterocycles. The zero-order chi connectivity index (χ0) is 24.0. The predicted octanol–water partition coefficient (Wildman–Crippen LogP) is 6.78. The molecule has 8 heteroatoms. The molecule has 35 heavy (non-hydrogen) atoms. The topological polar surface area (TPSA) is 72.8 Å². The normalized spacial score (nSPS) is 12.7. The molecule has 1 atom stereocenters. The van der Waals surface area contributed by atoms with E-state index < -0.39 is 7.82 Å². The average Bonchev–Trinajstić information content (AvgIpc) is 2.84. The Balaban J connectivity index is 0.00000342. The average molecular weight is 559 g/mol. The summed E-state index contributed by atoms with van der Waals surface area (Å²) in [5.41, 5.74) is 2.61. The second-order valence-corrected chi connectivity index (χ2v) is 9.51. The van der Waals surface area contributed by atoms with Crippen molar-refractivity contribution in [2.24, 2.45) is 0 Å². The van der Waals surface area contributed by atoms with Gasteiger partial charge in [-0.05, 0) is 65.7 Å². The molecular weight excluding hydrogens is 538 g/mol. The van der Waals surface area contributed by atoms with Crippen LogP contribution in [0.15, 0.2) is 114 Å². The van der Waals surface area contributed by atoms with Gasteiger partial charge in [0.15, 0.2) is 5.78 Å². The SMILES string of the molecule is O=C(C(=Cc1ccc(Br)cc1)c1ccccc1)c1ccc(OP(=O)(O)Oc2ccccc2)cc1.[NaH]. The Labute approximate surface area is 234 Å². The van der Waals surface area contributed by atoms with Crippen LogP contribution in [0.2, 0.25) is 0 Å². The van der Waals surface area contributed by atoms with Gasteiger partial charge in [0.05, 0.1) is 0 Å². The first-order valence-corrected chi connectivity index (χ1v) is 12.6. The maximum atomic E-state index is 13.4. The molecule has 0 aromatic heterocycles. The van der Waals surface area contributed by atoms with E-state index in [9.17, 15) is 14.3 Å². The number of hydrogen-bond donors (Lipinski definition) is 1. The van der Waals surface area contributed by atoms with Gasteiger partial charge in [0, 0.05) is 15.6 Å². The summed E-state index contributed by atoms with van der Waals surface area (Å²) in [5, 5.41) is 0. The van der Waals surface area contributed by atoms with Crippen LogP contribution >= 0.6 is 23.8 Å². The van der Waals surface area contributed by atoms with Gasteiger partial charge >= 0.3 is 37.4 Å². The zero-order valence-corrected chi connectivity index (χ0v) is 20.4. The minimum atomic E-state index is -4.39. The van der Waals surface area contributed by atoms with E-state index in [1.54, 1.807) is 42.5 Å². The molecule has 0 heterocycles. The number of benzene rings is 4. The molecule has 0 saturated carbocycles. The van der Waals surface area contributed by atoms with Gasteiger partial charge < -0.3 is 9.05 Å². The van der Waals surface area contributed by atoms with E-state index in [1.165, 1.54) is 12.1 Å². The molecule has 0 aliphatic rings. The van der Waals surface area contributed by atoms with Gasteiger partial charge in [0.2, 0.25) is 0 Å². The Hall–Kier alpha value is -2.44. The van der Waals surface area contributed by atoms with Crippen molar-refractivity contribution in [1.82, 2.24) is 0 Å². The van der Waals surface area contributed by atoms with Crippen molar-refractivity contribution in [3.05, 3.63) is 130 Å². The fourth-order valence-electron chi connectivity index (χ4n) is 3.21. The number of allylic oxidation sites excluding steroid dienone is 1. The van der Waals surface area contributed by atoms with Crippen LogP contribution in [0.5, 0.6) is 11.5 Å². The van der Waals surface area contributed by atoms with Crippen molar-refractivity contribution in [3.63, 3.8) is 0 Å². The van der Waals surface area contributed by atoms with Crippen molar-refractivity contribution in [3.8, 4) is 11.5 Å². The Bertz CT molecular complexity index is 1340. The second kappa shape index (κ2) is 12.5. The van der Waals surface area contributed by atoms with Crippen molar-refractivity contribution >= 4 is 70.7 Å². The summed E-state index contributed by atoms with van der Waals surface area (Å²) in [6, 6.07) is 31.3. The van der Waals surface area contributed by atoms with Gasteiger partial charge in [-0.1, -0.05) is 76.6 Å². The summed E-state index contributed by atoms with van der Waals surface area (Å²) in [6.45, 7) is 0. The van der Waals surface area contributed by atoms with Gasteiger partial charge in [-0.3, -0.25) is 9.69 Å². The first-order chi connectivity index (χ1) is 16.4. The monoisotopic (exact) mass is 558 g/mol. The standard InChI is InChI=1S/C27H20BrO5P.Na.H/c28-23-15-11-20(12-16-23)19-26(21-7-3-1-4-8-21)27(29)22-13-17-25(18-14-22)33-34(30,31)32-24-9-5-2-6-10-24;;/h1-19H,(H,30,31);;. The van der Waals surface area contributed by atoms with Crippen molar-refractivity contribution in [2.45, 2.75) is 0 Å². The molecule has 0 radical (unpaired) electrons. The molecule has 0 aliphatic carbocycles.